The molecule has 0 spiro atoms. The Hall–Kier alpha value is -2.00. The third-order valence-corrected chi connectivity index (χ3v) is 2.04. The van der Waals surface area contributed by atoms with Gasteiger partial charge < -0.3 is 5.11 Å². The van der Waals surface area contributed by atoms with E-state index in [4.69, 9.17) is 9.66 Å². The van der Waals surface area contributed by atoms with Crippen molar-refractivity contribution in [3.05, 3.63) is 33.9 Å². The number of rotatable bonds is 4. The number of nitrogens with one attached hydrogen (secondary N) is 1. The molecule has 0 saturated carbocycles. The van der Waals surface area contributed by atoms with Crippen LogP contribution in [0.4, 0.5) is 11.4 Å². The number of carbonyl (C=O) groups is 1. The summed E-state index contributed by atoms with van der Waals surface area (Å²) in [4.78, 5) is 20.4. The Kier molecular flexibility index (Phi) is 3.53. The van der Waals surface area contributed by atoms with Crippen molar-refractivity contribution < 1.29 is 23.6 Å². The lowest BCUT2D eigenvalue weighted by Crippen LogP contribution is -2.08. The fourth-order valence-corrected chi connectivity index (χ4v) is 1.37. The summed E-state index contributed by atoms with van der Waals surface area (Å²) in [6.45, 7) is 0. The Morgan fingerprint density at radius 3 is 2.56 bits per heavy atom. The molecule has 0 fully saturated rings. The summed E-state index contributed by atoms with van der Waals surface area (Å²) in [7, 11) is 0. The maximum Gasteiger partial charge on any atom is 0.337 e. The van der Waals surface area contributed by atoms with Gasteiger partial charge in [-0.25, -0.2) is 9.00 Å². The summed E-state index contributed by atoms with van der Waals surface area (Å²) in [6, 6.07) is 2.85. The highest BCUT2D eigenvalue weighted by molar-refractivity contribution is 7.80. The van der Waals surface area contributed by atoms with Crippen LogP contribution in [0.5, 0.6) is 0 Å². The van der Waals surface area contributed by atoms with E-state index in [-0.39, 0.29) is 16.9 Å². The number of nitro groups is 1. The zero-order valence-electron chi connectivity index (χ0n) is 7.61. The smallest absolute Gasteiger partial charge is 0.337 e. The summed E-state index contributed by atoms with van der Waals surface area (Å²) >= 11 is -2.50. The van der Waals surface area contributed by atoms with E-state index >= 15 is 0 Å². The van der Waals surface area contributed by atoms with Gasteiger partial charge in [-0.1, -0.05) is 0 Å². The lowest BCUT2D eigenvalue weighted by Gasteiger charge is -2.05. The van der Waals surface area contributed by atoms with Gasteiger partial charge >= 0.3 is 5.97 Å². The second-order valence-corrected chi connectivity index (χ2v) is 3.35. The number of nitro benzene ring substituents is 1. The van der Waals surface area contributed by atoms with Crippen molar-refractivity contribution in [3.8, 4) is 0 Å². The van der Waals surface area contributed by atoms with Crippen LogP contribution in [0.25, 0.3) is 0 Å². The molecule has 1 atom stereocenters. The molecule has 0 saturated heterocycles. The molecule has 0 aliphatic heterocycles. The Bertz CT molecular complexity index is 474. The summed E-state index contributed by atoms with van der Waals surface area (Å²) in [5.41, 5.74) is -0.992. The highest BCUT2D eigenvalue weighted by Gasteiger charge is 2.16. The molecule has 0 aliphatic rings. The minimum Gasteiger partial charge on any atom is -0.478 e. The normalized spacial score (nSPS) is 11.8. The van der Waals surface area contributed by atoms with Crippen LogP contribution in [0.3, 0.4) is 0 Å². The third kappa shape index (κ3) is 2.74. The van der Waals surface area contributed by atoms with Crippen molar-refractivity contribution in [2.75, 3.05) is 4.72 Å². The van der Waals surface area contributed by atoms with Gasteiger partial charge in [0.15, 0.2) is 0 Å². The van der Waals surface area contributed by atoms with Gasteiger partial charge in [0.05, 0.1) is 16.2 Å². The number of aromatic carboxylic acids is 1. The largest absolute Gasteiger partial charge is 0.478 e. The minimum absolute atomic E-state index is 0.289. The number of anilines is 1. The van der Waals surface area contributed by atoms with E-state index in [1.54, 1.807) is 0 Å². The maximum atomic E-state index is 10.7. The van der Waals surface area contributed by atoms with Gasteiger partial charge in [0.2, 0.25) is 0 Å². The fraction of sp³-hybridized carbons (Fsp3) is 0. The van der Waals surface area contributed by atoms with E-state index in [1.165, 1.54) is 0 Å². The molecule has 0 aromatic heterocycles. The standard InChI is InChI=1S/C7H6N2O6S/c10-7(11)5-2-1-4(9(12)13)3-6(5)8-16(14)15/h1-3,8H,(H,10,11)(H,14,15). The van der Waals surface area contributed by atoms with Crippen molar-refractivity contribution in [2.45, 2.75) is 0 Å². The quantitative estimate of drug-likeness (QED) is 0.410. The highest BCUT2D eigenvalue weighted by atomic mass is 32.2. The number of benzene rings is 1. The summed E-state index contributed by atoms with van der Waals surface area (Å²) in [5, 5.41) is 19.1. The molecule has 9 heteroatoms. The Balaban J connectivity index is 3.26. The molecule has 86 valence electrons. The maximum absolute atomic E-state index is 10.7. The van der Waals surface area contributed by atoms with Crippen LogP contribution in [-0.2, 0) is 11.3 Å². The van der Waals surface area contributed by atoms with Gasteiger partial charge in [-0.15, -0.1) is 0 Å². The molecule has 0 bridgehead atoms. The van der Waals surface area contributed by atoms with Crippen LogP contribution in [0.1, 0.15) is 10.4 Å². The molecule has 1 aromatic rings. The monoisotopic (exact) mass is 246 g/mol. The number of non-ortho nitro benzene ring substituents is 1. The third-order valence-electron chi connectivity index (χ3n) is 1.64. The average Bonchev–Trinajstić information content (AvgIpc) is 2.15. The first kappa shape index (κ1) is 12.1. The second-order valence-electron chi connectivity index (χ2n) is 2.64. The molecule has 8 nitrogen and oxygen atoms in total. The van der Waals surface area contributed by atoms with E-state index in [1.807, 2.05) is 4.72 Å². The van der Waals surface area contributed by atoms with Crippen LogP contribution in [-0.4, -0.2) is 24.8 Å². The zero-order chi connectivity index (χ0) is 12.3. The molecule has 1 aromatic carbocycles. The van der Waals surface area contributed by atoms with Crippen molar-refractivity contribution in [1.29, 1.82) is 0 Å². The molecule has 0 amide bonds. The fourth-order valence-electron chi connectivity index (χ4n) is 1.01. The van der Waals surface area contributed by atoms with E-state index < -0.39 is 22.2 Å². The zero-order valence-corrected chi connectivity index (χ0v) is 8.43. The SMILES string of the molecule is O=C(O)c1ccc([N+](=O)[O-])cc1NS(=O)O. The van der Waals surface area contributed by atoms with Gasteiger partial charge in [-0.05, 0) is 6.07 Å². The molecule has 0 aliphatic carbocycles. The van der Waals surface area contributed by atoms with Crippen molar-refractivity contribution in [3.63, 3.8) is 0 Å². The number of carboxylic acid groups (broad SMARTS) is 1. The van der Waals surface area contributed by atoms with Crippen molar-refractivity contribution >= 4 is 28.6 Å². The second kappa shape index (κ2) is 4.68. The number of hydrogen-bond acceptors (Lipinski definition) is 4. The van der Waals surface area contributed by atoms with Crippen molar-refractivity contribution in [2.24, 2.45) is 0 Å². The first-order valence-electron chi connectivity index (χ1n) is 3.81. The first-order valence-corrected chi connectivity index (χ1v) is 4.91. The lowest BCUT2D eigenvalue weighted by molar-refractivity contribution is -0.384. The van der Waals surface area contributed by atoms with Crippen LogP contribution < -0.4 is 4.72 Å². The van der Waals surface area contributed by atoms with E-state index in [2.05, 4.69) is 0 Å². The molecule has 0 radical (unpaired) electrons. The average molecular weight is 246 g/mol. The lowest BCUT2D eigenvalue weighted by atomic mass is 10.1. The summed E-state index contributed by atoms with van der Waals surface area (Å²) < 4.78 is 20.9. The molecule has 0 heterocycles. The van der Waals surface area contributed by atoms with Gasteiger partial charge in [-0.3, -0.25) is 19.4 Å². The van der Waals surface area contributed by atoms with E-state index in [9.17, 15) is 19.1 Å². The van der Waals surface area contributed by atoms with Gasteiger partial charge in [0, 0.05) is 12.1 Å². The van der Waals surface area contributed by atoms with Crippen LogP contribution >= 0.6 is 0 Å². The number of carboxylic acids is 1. The number of nitrogens with zero attached hydrogens (tertiary/aromatic N) is 1. The van der Waals surface area contributed by atoms with Crippen molar-refractivity contribution in [1.82, 2.24) is 0 Å². The first-order chi connectivity index (χ1) is 7.41. The summed E-state index contributed by atoms with van der Waals surface area (Å²) in [5.74, 6) is -1.36. The van der Waals surface area contributed by atoms with Gasteiger partial charge in [-0.2, -0.15) is 0 Å². The number of hydrogen-bond donors (Lipinski definition) is 3. The Labute approximate surface area is 91.5 Å². The van der Waals surface area contributed by atoms with Crippen LogP contribution in [0.15, 0.2) is 18.2 Å². The van der Waals surface area contributed by atoms with Crippen LogP contribution in [0.2, 0.25) is 0 Å². The molecular weight excluding hydrogens is 240 g/mol. The molecular formula is C7H6N2O6S. The topological polar surface area (TPSA) is 130 Å². The Morgan fingerprint density at radius 2 is 2.12 bits per heavy atom. The van der Waals surface area contributed by atoms with Gasteiger partial charge in [0.25, 0.3) is 17.0 Å². The molecule has 3 N–H and O–H groups in total. The molecule has 1 rings (SSSR count). The highest BCUT2D eigenvalue weighted by Crippen LogP contribution is 2.22. The summed E-state index contributed by atoms with van der Waals surface area (Å²) in [6.07, 6.45) is 0. The van der Waals surface area contributed by atoms with Gasteiger partial charge in [0.1, 0.15) is 0 Å². The predicted octanol–water partition coefficient (Wildman–Crippen LogP) is 0.842. The van der Waals surface area contributed by atoms with Crippen LogP contribution in [0, 0.1) is 10.1 Å². The predicted molar refractivity (Wildman–Crippen MR) is 54.4 cm³/mol. The Morgan fingerprint density at radius 1 is 1.50 bits per heavy atom. The van der Waals surface area contributed by atoms with E-state index in [0.717, 1.165) is 18.2 Å². The molecule has 1 unspecified atom stereocenters. The minimum atomic E-state index is -2.50. The molecule has 16 heavy (non-hydrogen) atoms. The van der Waals surface area contributed by atoms with E-state index in [0.29, 0.717) is 0 Å².